The normalized spacial score (nSPS) is 11.6. The smallest absolute Gasteiger partial charge is 0.293 e. The minimum atomic E-state index is -3.75. The number of nitrogens with one attached hydrogen (secondary N) is 2. The number of hydrogen-bond acceptors (Lipinski definition) is 6. The topological polar surface area (TPSA) is 105 Å². The number of rotatable bonds is 7. The number of nitrogens with zero attached hydrogens (tertiary/aromatic N) is 2. The summed E-state index contributed by atoms with van der Waals surface area (Å²) in [5.41, 5.74) is -0.00905. The van der Waals surface area contributed by atoms with E-state index in [1.165, 1.54) is 19.2 Å². The Balaban J connectivity index is 3.01. The molecule has 8 nitrogen and oxygen atoms in total. The van der Waals surface area contributed by atoms with Gasteiger partial charge in [0.1, 0.15) is 5.69 Å². The second-order valence-corrected chi connectivity index (χ2v) is 6.15. The van der Waals surface area contributed by atoms with E-state index >= 15 is 0 Å². The second kappa shape index (κ2) is 6.64. The summed E-state index contributed by atoms with van der Waals surface area (Å²) in [5.74, 6) is 0. The van der Waals surface area contributed by atoms with Crippen LogP contribution in [0.2, 0.25) is 0 Å². The third-order valence-corrected chi connectivity index (χ3v) is 4.06. The van der Waals surface area contributed by atoms with Crippen molar-refractivity contribution < 1.29 is 13.3 Å². The molecule has 0 aliphatic carbocycles. The average Bonchev–Trinajstić information content (AvgIpc) is 2.37. The molecule has 0 aromatic heterocycles. The van der Waals surface area contributed by atoms with Crippen LogP contribution in [-0.4, -0.2) is 52.5 Å². The largest absolute Gasteiger partial charge is 0.383 e. The fourth-order valence-electron chi connectivity index (χ4n) is 1.53. The summed E-state index contributed by atoms with van der Waals surface area (Å²) in [4.78, 5) is 12.0. The minimum absolute atomic E-state index is 0.123. The lowest BCUT2D eigenvalue weighted by molar-refractivity contribution is -0.384. The molecule has 2 N–H and O–H groups in total. The lowest BCUT2D eigenvalue weighted by atomic mass is 10.3. The maximum atomic E-state index is 12.0. The number of benzene rings is 1. The summed E-state index contributed by atoms with van der Waals surface area (Å²) < 4.78 is 26.4. The molecule has 9 heteroatoms. The van der Waals surface area contributed by atoms with Crippen molar-refractivity contribution in [2.45, 2.75) is 4.90 Å². The summed E-state index contributed by atoms with van der Waals surface area (Å²) in [6.07, 6.45) is 0. The van der Waals surface area contributed by atoms with Gasteiger partial charge in [-0.15, -0.1) is 0 Å². The van der Waals surface area contributed by atoms with Crippen molar-refractivity contribution in [3.63, 3.8) is 0 Å². The van der Waals surface area contributed by atoms with E-state index in [0.717, 1.165) is 6.07 Å². The van der Waals surface area contributed by atoms with E-state index in [1.807, 2.05) is 19.0 Å². The molecule has 1 aromatic rings. The first kappa shape index (κ1) is 16.3. The van der Waals surface area contributed by atoms with Gasteiger partial charge in [0.15, 0.2) is 0 Å². The Morgan fingerprint density at radius 1 is 1.35 bits per heavy atom. The van der Waals surface area contributed by atoms with Crippen LogP contribution in [0.15, 0.2) is 23.1 Å². The van der Waals surface area contributed by atoms with E-state index in [2.05, 4.69) is 10.0 Å². The number of nitro groups is 1. The zero-order valence-corrected chi connectivity index (χ0v) is 12.4. The SMILES string of the molecule is CNc1ccc(S(=O)(=O)NCCN(C)C)cc1[N+](=O)[O-]. The number of hydrogen-bond donors (Lipinski definition) is 2. The van der Waals surface area contributed by atoms with Crippen LogP contribution in [0.4, 0.5) is 11.4 Å². The Morgan fingerprint density at radius 2 is 2.00 bits per heavy atom. The van der Waals surface area contributed by atoms with Crippen molar-refractivity contribution in [1.29, 1.82) is 0 Å². The van der Waals surface area contributed by atoms with Gasteiger partial charge in [-0.2, -0.15) is 0 Å². The zero-order chi connectivity index (χ0) is 15.3. The van der Waals surface area contributed by atoms with Crippen LogP contribution in [0.1, 0.15) is 0 Å². The van der Waals surface area contributed by atoms with E-state index in [4.69, 9.17) is 0 Å². The molecule has 112 valence electrons. The first-order chi connectivity index (χ1) is 9.27. The van der Waals surface area contributed by atoms with Crippen LogP contribution in [-0.2, 0) is 10.0 Å². The first-order valence-corrected chi connectivity index (χ1v) is 7.37. The molecule has 0 saturated heterocycles. The molecule has 0 unspecified atom stereocenters. The van der Waals surface area contributed by atoms with Crippen LogP contribution in [0.5, 0.6) is 0 Å². The van der Waals surface area contributed by atoms with Gasteiger partial charge >= 0.3 is 0 Å². The molecule has 1 rings (SSSR count). The highest BCUT2D eigenvalue weighted by Crippen LogP contribution is 2.26. The third kappa shape index (κ3) is 4.15. The Kier molecular flexibility index (Phi) is 5.43. The van der Waals surface area contributed by atoms with Crippen LogP contribution in [0, 0.1) is 10.1 Å². The quantitative estimate of drug-likeness (QED) is 0.560. The average molecular weight is 302 g/mol. The Labute approximate surface area is 118 Å². The van der Waals surface area contributed by atoms with Crippen molar-refractivity contribution >= 4 is 21.4 Å². The highest BCUT2D eigenvalue weighted by atomic mass is 32.2. The van der Waals surface area contributed by atoms with Gasteiger partial charge in [0.2, 0.25) is 10.0 Å². The molecule has 0 aliphatic heterocycles. The monoisotopic (exact) mass is 302 g/mol. The molecule has 0 spiro atoms. The summed E-state index contributed by atoms with van der Waals surface area (Å²) in [6, 6.07) is 3.75. The van der Waals surface area contributed by atoms with Gasteiger partial charge in [0.25, 0.3) is 5.69 Å². The molecule has 1 aromatic carbocycles. The van der Waals surface area contributed by atoms with E-state index in [-0.39, 0.29) is 22.8 Å². The number of anilines is 1. The summed E-state index contributed by atoms with van der Waals surface area (Å²) >= 11 is 0. The number of sulfonamides is 1. The second-order valence-electron chi connectivity index (χ2n) is 4.39. The van der Waals surface area contributed by atoms with Crippen LogP contribution >= 0.6 is 0 Å². The molecule has 0 atom stereocenters. The first-order valence-electron chi connectivity index (χ1n) is 5.88. The summed E-state index contributed by atoms with van der Waals surface area (Å²) in [5, 5.41) is 13.6. The molecule has 0 aliphatic rings. The molecule has 0 amide bonds. The molecular weight excluding hydrogens is 284 g/mol. The maximum Gasteiger partial charge on any atom is 0.293 e. The van der Waals surface area contributed by atoms with E-state index in [1.54, 1.807) is 0 Å². The lowest BCUT2D eigenvalue weighted by Gasteiger charge is -2.11. The fourth-order valence-corrected chi connectivity index (χ4v) is 2.57. The van der Waals surface area contributed by atoms with Crippen LogP contribution in [0.25, 0.3) is 0 Å². The molecule has 0 radical (unpaired) electrons. The highest BCUT2D eigenvalue weighted by molar-refractivity contribution is 7.89. The zero-order valence-electron chi connectivity index (χ0n) is 11.6. The van der Waals surface area contributed by atoms with Gasteiger partial charge in [-0.3, -0.25) is 10.1 Å². The van der Waals surface area contributed by atoms with Crippen molar-refractivity contribution in [2.75, 3.05) is 39.5 Å². The Morgan fingerprint density at radius 3 is 2.50 bits per heavy atom. The lowest BCUT2D eigenvalue weighted by Crippen LogP contribution is -2.31. The minimum Gasteiger partial charge on any atom is -0.383 e. The highest BCUT2D eigenvalue weighted by Gasteiger charge is 2.20. The number of likely N-dealkylation sites (N-methyl/N-ethyl adjacent to an activating group) is 1. The van der Waals surface area contributed by atoms with E-state index < -0.39 is 14.9 Å². The predicted octanol–water partition coefficient (Wildman–Crippen LogP) is 0.476. The van der Waals surface area contributed by atoms with Crippen molar-refractivity contribution in [3.8, 4) is 0 Å². The van der Waals surface area contributed by atoms with Crippen molar-refractivity contribution in [1.82, 2.24) is 9.62 Å². The standard InChI is InChI=1S/C11H18N4O4S/c1-12-10-5-4-9(8-11(10)15(16)17)20(18,19)13-6-7-14(2)3/h4-5,8,12-13H,6-7H2,1-3H3. The molecule has 20 heavy (non-hydrogen) atoms. The van der Waals surface area contributed by atoms with Gasteiger partial charge in [0, 0.05) is 26.2 Å². The Hall–Kier alpha value is -1.71. The maximum absolute atomic E-state index is 12.0. The van der Waals surface area contributed by atoms with Gasteiger partial charge in [-0.25, -0.2) is 13.1 Å². The van der Waals surface area contributed by atoms with Crippen LogP contribution in [0.3, 0.4) is 0 Å². The molecule has 0 fully saturated rings. The van der Waals surface area contributed by atoms with Crippen LogP contribution < -0.4 is 10.0 Å². The number of nitro benzene ring substituents is 1. The summed E-state index contributed by atoms with van der Waals surface area (Å²) in [6.45, 7) is 0.771. The third-order valence-electron chi connectivity index (χ3n) is 2.60. The van der Waals surface area contributed by atoms with Crippen molar-refractivity contribution in [2.24, 2.45) is 0 Å². The molecule has 0 saturated carbocycles. The van der Waals surface area contributed by atoms with Gasteiger partial charge in [0.05, 0.1) is 9.82 Å². The van der Waals surface area contributed by atoms with Gasteiger partial charge in [-0.05, 0) is 26.2 Å². The Bertz CT molecular complexity index is 586. The van der Waals surface area contributed by atoms with Crippen molar-refractivity contribution in [3.05, 3.63) is 28.3 Å². The van der Waals surface area contributed by atoms with E-state index in [0.29, 0.717) is 6.54 Å². The van der Waals surface area contributed by atoms with Gasteiger partial charge < -0.3 is 10.2 Å². The molecule has 0 heterocycles. The summed E-state index contributed by atoms with van der Waals surface area (Å²) in [7, 11) is 1.43. The molecule has 0 bridgehead atoms. The molecular formula is C11H18N4O4S. The van der Waals surface area contributed by atoms with E-state index in [9.17, 15) is 18.5 Å². The van der Waals surface area contributed by atoms with Gasteiger partial charge in [-0.1, -0.05) is 0 Å². The fraction of sp³-hybridized carbons (Fsp3) is 0.455. The predicted molar refractivity (Wildman–Crippen MR) is 76.4 cm³/mol.